The summed E-state index contributed by atoms with van der Waals surface area (Å²) in [6, 6.07) is 0. The van der Waals surface area contributed by atoms with E-state index in [1.54, 1.807) is 6.92 Å². The molecule has 0 amide bonds. The molecule has 0 aromatic rings. The van der Waals surface area contributed by atoms with Crippen LogP contribution in [0.1, 0.15) is 13.8 Å². The second-order valence-electron chi connectivity index (χ2n) is 2.67. The third kappa shape index (κ3) is 1.42. The fourth-order valence-electron chi connectivity index (χ4n) is 1.13. The summed E-state index contributed by atoms with van der Waals surface area (Å²) in [7, 11) is 0. The van der Waals surface area contributed by atoms with Crippen LogP contribution in [0.15, 0.2) is 11.6 Å². The molecule has 0 aromatic carbocycles. The highest BCUT2D eigenvalue weighted by Gasteiger charge is 2.32. The zero-order valence-electron chi connectivity index (χ0n) is 6.79. The first-order chi connectivity index (χ1) is 5.52. The highest BCUT2D eigenvalue weighted by molar-refractivity contribution is 6.08. The topological polar surface area (TPSA) is 60.4 Å². The molecule has 0 aromatic heterocycles. The van der Waals surface area contributed by atoms with E-state index in [-0.39, 0.29) is 5.78 Å². The Morgan fingerprint density at radius 3 is 2.50 bits per heavy atom. The number of carbonyl (C=O) groups is 3. The average Bonchev–Trinajstić information content (AvgIpc) is 1.82. The molecular formula is C8H8O4. The Morgan fingerprint density at radius 2 is 2.08 bits per heavy atom. The number of ketones is 1. The molecule has 12 heavy (non-hydrogen) atoms. The van der Waals surface area contributed by atoms with Crippen molar-refractivity contribution in [3.8, 4) is 0 Å². The van der Waals surface area contributed by atoms with Crippen molar-refractivity contribution in [3.05, 3.63) is 11.6 Å². The first kappa shape index (κ1) is 8.64. The summed E-state index contributed by atoms with van der Waals surface area (Å²) in [5.74, 6) is -2.66. The number of carbonyl (C=O) groups excluding carboxylic acids is 3. The van der Waals surface area contributed by atoms with Crippen molar-refractivity contribution in [2.45, 2.75) is 13.8 Å². The van der Waals surface area contributed by atoms with Crippen LogP contribution < -0.4 is 0 Å². The van der Waals surface area contributed by atoms with E-state index >= 15 is 0 Å². The van der Waals surface area contributed by atoms with E-state index in [1.165, 1.54) is 6.92 Å². The summed E-state index contributed by atoms with van der Waals surface area (Å²) < 4.78 is 4.26. The Hall–Kier alpha value is -1.45. The van der Waals surface area contributed by atoms with Crippen molar-refractivity contribution in [3.63, 3.8) is 0 Å². The molecule has 0 radical (unpaired) electrons. The van der Waals surface area contributed by atoms with Crippen LogP contribution in [0.3, 0.4) is 0 Å². The first-order valence-corrected chi connectivity index (χ1v) is 3.46. The van der Waals surface area contributed by atoms with Crippen LogP contribution in [0.2, 0.25) is 0 Å². The molecule has 64 valence electrons. The third-order valence-corrected chi connectivity index (χ3v) is 1.64. The Balaban J connectivity index is 3.01. The summed E-state index contributed by atoms with van der Waals surface area (Å²) in [6.45, 7) is 2.85. The van der Waals surface area contributed by atoms with Gasteiger partial charge in [0.2, 0.25) is 0 Å². The maximum atomic E-state index is 11.0. The van der Waals surface area contributed by atoms with Crippen molar-refractivity contribution in [1.82, 2.24) is 0 Å². The number of rotatable bonds is 1. The largest absolute Gasteiger partial charge is 0.389 e. The molecule has 0 aliphatic carbocycles. The molecule has 0 saturated heterocycles. The summed E-state index contributed by atoms with van der Waals surface area (Å²) in [4.78, 5) is 32.4. The predicted octanol–water partition coefficient (Wildman–Crippen LogP) is 0.221. The van der Waals surface area contributed by atoms with Gasteiger partial charge in [0.15, 0.2) is 0 Å². The molecule has 4 nitrogen and oxygen atoms in total. The Morgan fingerprint density at radius 1 is 1.50 bits per heavy atom. The molecule has 0 fully saturated rings. The number of hydrogen-bond acceptors (Lipinski definition) is 4. The lowest BCUT2D eigenvalue weighted by Gasteiger charge is -2.16. The lowest BCUT2D eigenvalue weighted by molar-refractivity contribution is -0.160. The first-order valence-electron chi connectivity index (χ1n) is 3.46. The van der Waals surface area contributed by atoms with Gasteiger partial charge in [-0.25, -0.2) is 4.79 Å². The van der Waals surface area contributed by atoms with Crippen LogP contribution in [0.25, 0.3) is 0 Å². The lowest BCUT2D eigenvalue weighted by atomic mass is 9.95. The van der Waals surface area contributed by atoms with Crippen LogP contribution in [0, 0.1) is 5.92 Å². The monoisotopic (exact) mass is 168 g/mol. The maximum absolute atomic E-state index is 11.0. The van der Waals surface area contributed by atoms with Crippen LogP contribution in [-0.2, 0) is 19.1 Å². The van der Waals surface area contributed by atoms with Crippen molar-refractivity contribution in [1.29, 1.82) is 0 Å². The van der Waals surface area contributed by atoms with E-state index < -0.39 is 17.9 Å². The highest BCUT2D eigenvalue weighted by Crippen LogP contribution is 2.18. The predicted molar refractivity (Wildman–Crippen MR) is 39.0 cm³/mol. The zero-order chi connectivity index (χ0) is 9.30. The Labute approximate surface area is 69.2 Å². The maximum Gasteiger partial charge on any atom is 0.338 e. The fraction of sp³-hybridized carbons (Fsp3) is 0.375. The van der Waals surface area contributed by atoms with Gasteiger partial charge in [-0.05, 0) is 19.4 Å². The van der Waals surface area contributed by atoms with Gasteiger partial charge in [0.1, 0.15) is 11.7 Å². The Kier molecular flexibility index (Phi) is 2.08. The summed E-state index contributed by atoms with van der Waals surface area (Å²) in [6.07, 6.45) is 1.16. The molecular weight excluding hydrogens is 160 g/mol. The van der Waals surface area contributed by atoms with E-state index in [0.29, 0.717) is 5.57 Å². The average molecular weight is 168 g/mol. The van der Waals surface area contributed by atoms with Gasteiger partial charge in [-0.3, -0.25) is 9.59 Å². The minimum atomic E-state index is -0.886. The van der Waals surface area contributed by atoms with Crippen LogP contribution in [0.5, 0.6) is 0 Å². The van der Waals surface area contributed by atoms with Crippen LogP contribution in [0.4, 0.5) is 0 Å². The number of hydrogen-bond donors (Lipinski definition) is 0. The minimum Gasteiger partial charge on any atom is -0.389 e. The van der Waals surface area contributed by atoms with Crippen molar-refractivity contribution in [2.75, 3.05) is 0 Å². The van der Waals surface area contributed by atoms with Gasteiger partial charge in [-0.2, -0.15) is 0 Å². The van der Waals surface area contributed by atoms with E-state index in [0.717, 1.165) is 6.08 Å². The van der Waals surface area contributed by atoms with Crippen molar-refractivity contribution < 1.29 is 19.1 Å². The summed E-state index contributed by atoms with van der Waals surface area (Å²) in [5, 5.41) is 0. The molecule has 4 heteroatoms. The molecule has 0 N–H and O–H groups in total. The molecule has 0 saturated carbocycles. The Bertz CT molecular complexity index is 287. The van der Waals surface area contributed by atoms with E-state index in [9.17, 15) is 14.4 Å². The van der Waals surface area contributed by atoms with Gasteiger partial charge < -0.3 is 4.74 Å². The fourth-order valence-corrected chi connectivity index (χ4v) is 1.13. The van der Waals surface area contributed by atoms with Crippen LogP contribution in [-0.4, -0.2) is 17.7 Å². The standard InChI is InChI=1S/C8H8O4/c1-4-3-6(10)12-8(11)7(4)5(2)9/h3,7H,1-2H3. The second kappa shape index (κ2) is 2.89. The summed E-state index contributed by atoms with van der Waals surface area (Å²) in [5.41, 5.74) is 0.448. The SMILES string of the molecule is CC(=O)C1C(=O)OC(=O)C=C1C. The molecule has 0 spiro atoms. The van der Waals surface area contributed by atoms with E-state index in [1.807, 2.05) is 0 Å². The number of cyclic esters (lactones) is 2. The van der Waals surface area contributed by atoms with E-state index in [2.05, 4.69) is 4.74 Å². The lowest BCUT2D eigenvalue weighted by Crippen LogP contribution is -2.31. The molecule has 1 aliphatic rings. The minimum absolute atomic E-state index is 0.304. The molecule has 1 rings (SSSR count). The zero-order valence-corrected chi connectivity index (χ0v) is 6.79. The number of Topliss-reactive ketones (excluding diaryl/α,β-unsaturated/α-hetero) is 1. The second-order valence-corrected chi connectivity index (χ2v) is 2.67. The molecule has 1 unspecified atom stereocenters. The van der Waals surface area contributed by atoms with Gasteiger partial charge in [0.25, 0.3) is 0 Å². The molecule has 1 atom stereocenters. The highest BCUT2D eigenvalue weighted by atomic mass is 16.6. The normalized spacial score (nSPS) is 23.2. The van der Waals surface area contributed by atoms with Gasteiger partial charge >= 0.3 is 11.9 Å². The number of esters is 2. The summed E-state index contributed by atoms with van der Waals surface area (Å²) >= 11 is 0. The van der Waals surface area contributed by atoms with Crippen molar-refractivity contribution >= 4 is 17.7 Å². The van der Waals surface area contributed by atoms with Gasteiger partial charge in [-0.15, -0.1) is 0 Å². The van der Waals surface area contributed by atoms with Gasteiger partial charge in [0.05, 0.1) is 0 Å². The molecule has 1 aliphatic heterocycles. The molecule has 0 bridgehead atoms. The smallest absolute Gasteiger partial charge is 0.338 e. The molecule has 1 heterocycles. The van der Waals surface area contributed by atoms with Crippen LogP contribution >= 0.6 is 0 Å². The van der Waals surface area contributed by atoms with E-state index in [4.69, 9.17) is 0 Å². The van der Waals surface area contributed by atoms with Crippen molar-refractivity contribution in [2.24, 2.45) is 5.92 Å². The van der Waals surface area contributed by atoms with Gasteiger partial charge in [0, 0.05) is 6.08 Å². The quantitative estimate of drug-likeness (QED) is 0.415. The number of ether oxygens (including phenoxy) is 1. The third-order valence-electron chi connectivity index (χ3n) is 1.64. The van der Waals surface area contributed by atoms with Gasteiger partial charge in [-0.1, -0.05) is 0 Å².